The van der Waals surface area contributed by atoms with Crippen LogP contribution in [-0.4, -0.2) is 58.6 Å². The molecule has 3 aliphatic rings. The number of aromatic nitrogens is 2. The lowest BCUT2D eigenvalue weighted by molar-refractivity contribution is 0.123. The van der Waals surface area contributed by atoms with E-state index in [9.17, 15) is 0 Å². The fourth-order valence-electron chi connectivity index (χ4n) is 5.51. The maximum atomic E-state index is 5.64. The van der Waals surface area contributed by atoms with Gasteiger partial charge >= 0.3 is 0 Å². The first kappa shape index (κ1) is 20.8. The third-order valence-corrected chi connectivity index (χ3v) is 7.28. The second kappa shape index (κ2) is 9.20. The minimum atomic E-state index is 0.292. The Hall–Kier alpha value is -2.83. The molecule has 6 nitrogen and oxygen atoms in total. The monoisotopic (exact) mass is 444 g/mol. The summed E-state index contributed by atoms with van der Waals surface area (Å²) >= 11 is 0. The zero-order chi connectivity index (χ0) is 22.0. The molecule has 0 radical (unpaired) electrons. The van der Waals surface area contributed by atoms with E-state index >= 15 is 0 Å². The van der Waals surface area contributed by atoms with Crippen molar-refractivity contribution < 1.29 is 9.47 Å². The van der Waals surface area contributed by atoms with Crippen LogP contribution in [-0.2, 0) is 13.1 Å². The van der Waals surface area contributed by atoms with Crippen molar-refractivity contribution in [1.82, 2.24) is 19.6 Å². The predicted octanol–water partition coefficient (Wildman–Crippen LogP) is 4.39. The van der Waals surface area contributed by atoms with Crippen molar-refractivity contribution in [3.8, 4) is 22.8 Å². The molecule has 2 fully saturated rings. The summed E-state index contributed by atoms with van der Waals surface area (Å²) in [5.41, 5.74) is 4.68. The first-order valence-corrected chi connectivity index (χ1v) is 12.3. The summed E-state index contributed by atoms with van der Waals surface area (Å²) in [5, 5.41) is 5.03. The lowest BCUT2D eigenvalue weighted by Crippen LogP contribution is -2.43. The van der Waals surface area contributed by atoms with Crippen LogP contribution in [0.5, 0.6) is 11.5 Å². The van der Waals surface area contributed by atoms with E-state index in [0.717, 1.165) is 55.0 Å². The molecule has 0 N–H and O–H groups in total. The molecule has 0 amide bonds. The molecule has 0 spiro atoms. The smallest absolute Gasteiger partial charge is 0.231 e. The summed E-state index contributed by atoms with van der Waals surface area (Å²) in [6, 6.07) is 17.5. The predicted molar refractivity (Wildman–Crippen MR) is 128 cm³/mol. The summed E-state index contributed by atoms with van der Waals surface area (Å²) in [5.74, 6) is 1.62. The van der Waals surface area contributed by atoms with Gasteiger partial charge in [0, 0.05) is 29.9 Å². The van der Waals surface area contributed by atoms with Crippen LogP contribution < -0.4 is 9.47 Å². The molecular formula is C27H32N4O2. The molecule has 2 saturated heterocycles. The SMILES string of the molecule is c1ccc(Cn2cc(CN3CCC(N4CCCC4)CC3)c(-c3ccc4c(c3)OCO4)n2)cc1. The maximum absolute atomic E-state index is 5.64. The fourth-order valence-corrected chi connectivity index (χ4v) is 5.51. The van der Waals surface area contributed by atoms with Crippen molar-refractivity contribution in [3.05, 3.63) is 65.9 Å². The maximum Gasteiger partial charge on any atom is 0.231 e. The molecular weight excluding hydrogens is 412 g/mol. The summed E-state index contributed by atoms with van der Waals surface area (Å²) in [6.07, 6.45) is 7.54. The number of ether oxygens (including phenoxy) is 2. The average Bonchev–Trinajstić information content (AvgIpc) is 3.61. The van der Waals surface area contributed by atoms with Crippen LogP contribution in [0.15, 0.2) is 54.7 Å². The zero-order valence-corrected chi connectivity index (χ0v) is 19.2. The van der Waals surface area contributed by atoms with Crippen LogP contribution in [0.2, 0.25) is 0 Å². The van der Waals surface area contributed by atoms with Gasteiger partial charge in [-0.05, 0) is 75.6 Å². The number of benzene rings is 2. The number of nitrogens with zero attached hydrogens (tertiary/aromatic N) is 4. The second-order valence-corrected chi connectivity index (χ2v) is 9.50. The van der Waals surface area contributed by atoms with Gasteiger partial charge in [-0.25, -0.2) is 0 Å². The van der Waals surface area contributed by atoms with Crippen LogP contribution in [0.25, 0.3) is 11.3 Å². The molecule has 0 bridgehead atoms. The number of fused-ring (bicyclic) bond motifs is 1. The lowest BCUT2D eigenvalue weighted by Gasteiger charge is -2.36. The molecule has 6 heteroatoms. The van der Waals surface area contributed by atoms with E-state index in [1.54, 1.807) is 0 Å². The lowest BCUT2D eigenvalue weighted by atomic mass is 10.0. The molecule has 0 unspecified atom stereocenters. The van der Waals surface area contributed by atoms with Crippen molar-refractivity contribution in [3.63, 3.8) is 0 Å². The van der Waals surface area contributed by atoms with E-state index in [2.05, 4.69) is 63.1 Å². The molecule has 4 heterocycles. The van der Waals surface area contributed by atoms with Crippen LogP contribution in [0.4, 0.5) is 0 Å². The van der Waals surface area contributed by atoms with E-state index in [1.807, 2.05) is 6.07 Å². The molecule has 6 rings (SSSR count). The standard InChI is InChI=1S/C27H32N4O2/c1-2-6-21(7-3-1)17-31-19-23(18-29-14-10-24(11-15-29)30-12-4-5-13-30)27(28-31)22-8-9-25-26(16-22)33-20-32-25/h1-3,6-9,16,19,24H,4-5,10-15,17-18,20H2. The Morgan fingerprint density at radius 3 is 2.45 bits per heavy atom. The van der Waals surface area contributed by atoms with Crippen molar-refractivity contribution in [2.24, 2.45) is 0 Å². The third kappa shape index (κ3) is 4.50. The molecule has 3 aliphatic heterocycles. The van der Waals surface area contributed by atoms with Gasteiger partial charge in [0.05, 0.1) is 12.2 Å². The van der Waals surface area contributed by atoms with Gasteiger partial charge in [0.25, 0.3) is 0 Å². The quantitative estimate of drug-likeness (QED) is 0.564. The first-order valence-electron chi connectivity index (χ1n) is 12.3. The van der Waals surface area contributed by atoms with Crippen LogP contribution in [0.1, 0.15) is 36.8 Å². The molecule has 1 aromatic heterocycles. The summed E-state index contributed by atoms with van der Waals surface area (Å²) < 4.78 is 13.2. The summed E-state index contributed by atoms with van der Waals surface area (Å²) in [4.78, 5) is 5.32. The average molecular weight is 445 g/mol. The van der Waals surface area contributed by atoms with Gasteiger partial charge < -0.3 is 14.4 Å². The van der Waals surface area contributed by atoms with Gasteiger partial charge in [0.2, 0.25) is 6.79 Å². The number of hydrogen-bond acceptors (Lipinski definition) is 5. The number of hydrogen-bond donors (Lipinski definition) is 0. The van der Waals surface area contributed by atoms with Crippen LogP contribution >= 0.6 is 0 Å². The Morgan fingerprint density at radius 2 is 1.64 bits per heavy atom. The normalized spacial score (nSPS) is 19.4. The van der Waals surface area contributed by atoms with Crippen molar-refractivity contribution >= 4 is 0 Å². The van der Waals surface area contributed by atoms with Gasteiger partial charge in [-0.1, -0.05) is 30.3 Å². The molecule has 0 atom stereocenters. The summed E-state index contributed by atoms with van der Waals surface area (Å²) in [6.45, 7) is 6.91. The van der Waals surface area contributed by atoms with E-state index in [4.69, 9.17) is 14.6 Å². The molecule has 0 aliphatic carbocycles. The highest BCUT2D eigenvalue weighted by Crippen LogP contribution is 2.37. The van der Waals surface area contributed by atoms with Gasteiger partial charge in [-0.3, -0.25) is 9.58 Å². The van der Waals surface area contributed by atoms with E-state index in [-0.39, 0.29) is 0 Å². The first-order chi connectivity index (χ1) is 16.3. The highest BCUT2D eigenvalue weighted by Gasteiger charge is 2.27. The molecule has 2 aromatic carbocycles. The topological polar surface area (TPSA) is 42.8 Å². The van der Waals surface area contributed by atoms with Crippen LogP contribution in [0, 0.1) is 0 Å². The largest absolute Gasteiger partial charge is 0.454 e. The molecule has 0 saturated carbocycles. The van der Waals surface area contributed by atoms with Crippen LogP contribution in [0.3, 0.4) is 0 Å². The Labute approximate surface area is 195 Å². The minimum Gasteiger partial charge on any atom is -0.454 e. The molecule has 33 heavy (non-hydrogen) atoms. The highest BCUT2D eigenvalue weighted by molar-refractivity contribution is 5.67. The molecule has 3 aromatic rings. The van der Waals surface area contributed by atoms with Crippen molar-refractivity contribution in [2.45, 2.75) is 44.8 Å². The van der Waals surface area contributed by atoms with Gasteiger partial charge in [0.15, 0.2) is 11.5 Å². The number of rotatable bonds is 6. The third-order valence-electron chi connectivity index (χ3n) is 7.28. The minimum absolute atomic E-state index is 0.292. The Balaban J connectivity index is 1.23. The number of piperidine rings is 1. The van der Waals surface area contributed by atoms with Gasteiger partial charge in [0.1, 0.15) is 0 Å². The highest BCUT2D eigenvalue weighted by atomic mass is 16.7. The Bertz CT molecular complexity index is 1080. The van der Waals surface area contributed by atoms with E-state index < -0.39 is 0 Å². The van der Waals surface area contributed by atoms with E-state index in [1.165, 1.54) is 49.9 Å². The second-order valence-electron chi connectivity index (χ2n) is 9.50. The Morgan fingerprint density at radius 1 is 0.848 bits per heavy atom. The zero-order valence-electron chi connectivity index (χ0n) is 19.2. The van der Waals surface area contributed by atoms with Gasteiger partial charge in [-0.2, -0.15) is 5.10 Å². The Kier molecular flexibility index (Phi) is 5.78. The summed E-state index contributed by atoms with van der Waals surface area (Å²) in [7, 11) is 0. The van der Waals surface area contributed by atoms with Crippen molar-refractivity contribution in [1.29, 1.82) is 0 Å². The van der Waals surface area contributed by atoms with Crippen molar-refractivity contribution in [2.75, 3.05) is 33.0 Å². The van der Waals surface area contributed by atoms with E-state index in [0.29, 0.717) is 6.79 Å². The fraction of sp³-hybridized carbons (Fsp3) is 0.444. The van der Waals surface area contributed by atoms with Gasteiger partial charge in [-0.15, -0.1) is 0 Å². The molecule has 172 valence electrons. The number of likely N-dealkylation sites (tertiary alicyclic amines) is 2.